The van der Waals surface area contributed by atoms with Crippen LogP contribution >= 0.6 is 11.8 Å². The summed E-state index contributed by atoms with van der Waals surface area (Å²) in [5.74, 6) is 1.44. The van der Waals surface area contributed by atoms with Crippen LogP contribution in [0, 0.1) is 0 Å². The summed E-state index contributed by atoms with van der Waals surface area (Å²) in [5.41, 5.74) is 2.01. The summed E-state index contributed by atoms with van der Waals surface area (Å²) >= 11 is 1.96. The molecule has 1 N–H and O–H groups in total. The number of benzene rings is 2. The van der Waals surface area contributed by atoms with Crippen LogP contribution < -0.4 is 4.90 Å². The van der Waals surface area contributed by atoms with E-state index in [4.69, 9.17) is 0 Å². The van der Waals surface area contributed by atoms with Crippen LogP contribution in [0.3, 0.4) is 0 Å². The average molecular weight is 356 g/mol. The number of anilines is 1. The molecule has 0 aromatic heterocycles. The van der Waals surface area contributed by atoms with Crippen molar-refractivity contribution in [2.45, 2.75) is 12.5 Å². The van der Waals surface area contributed by atoms with E-state index in [1.54, 1.807) is 0 Å². The number of carboxylic acid groups (broad SMARTS) is 1. The smallest absolute Gasteiger partial charge is 0.326 e. The first-order valence-electron chi connectivity index (χ1n) is 8.62. The number of aliphatic carboxylic acids is 1. The van der Waals surface area contributed by atoms with Crippen molar-refractivity contribution < 1.29 is 9.90 Å². The quantitative estimate of drug-likeness (QED) is 0.825. The third-order valence-electron chi connectivity index (χ3n) is 4.48. The molecule has 1 fully saturated rings. The lowest BCUT2D eigenvalue weighted by Gasteiger charge is -2.37. The van der Waals surface area contributed by atoms with E-state index in [-0.39, 0.29) is 0 Å². The van der Waals surface area contributed by atoms with Crippen LogP contribution in [0.1, 0.15) is 5.56 Å². The molecule has 2 aromatic rings. The van der Waals surface area contributed by atoms with Crippen LogP contribution in [0.2, 0.25) is 0 Å². The Morgan fingerprint density at radius 1 is 1.04 bits per heavy atom. The number of rotatable bonds is 7. The van der Waals surface area contributed by atoms with Gasteiger partial charge >= 0.3 is 5.97 Å². The second-order valence-electron chi connectivity index (χ2n) is 6.22. The number of para-hydroxylation sites is 1. The largest absolute Gasteiger partial charge is 0.480 e. The first kappa shape index (κ1) is 17.8. The van der Waals surface area contributed by atoms with E-state index < -0.39 is 12.0 Å². The van der Waals surface area contributed by atoms with Crippen LogP contribution in [-0.4, -0.2) is 53.3 Å². The summed E-state index contributed by atoms with van der Waals surface area (Å²) in [6, 6.07) is 19.2. The van der Waals surface area contributed by atoms with Gasteiger partial charge in [-0.25, -0.2) is 4.79 Å². The van der Waals surface area contributed by atoms with Crippen molar-refractivity contribution >= 4 is 23.4 Å². The highest BCUT2D eigenvalue weighted by molar-refractivity contribution is 7.99. The Bertz CT molecular complexity index is 660. The van der Waals surface area contributed by atoms with Gasteiger partial charge in [0.15, 0.2) is 0 Å². The SMILES string of the molecule is O=C(O)[C@H](Cc1ccccc1)N(CN1CCSCC1)c1ccccc1. The Labute approximate surface area is 153 Å². The van der Waals surface area contributed by atoms with Gasteiger partial charge in [-0.2, -0.15) is 11.8 Å². The molecular weight excluding hydrogens is 332 g/mol. The number of hydrogen-bond acceptors (Lipinski definition) is 4. The monoisotopic (exact) mass is 356 g/mol. The van der Waals surface area contributed by atoms with Crippen molar-refractivity contribution in [3.8, 4) is 0 Å². The van der Waals surface area contributed by atoms with Gasteiger partial charge in [0.25, 0.3) is 0 Å². The second kappa shape index (κ2) is 8.92. The molecule has 1 aliphatic rings. The van der Waals surface area contributed by atoms with Gasteiger partial charge < -0.3 is 10.0 Å². The highest BCUT2D eigenvalue weighted by atomic mass is 32.2. The van der Waals surface area contributed by atoms with Gasteiger partial charge in [0, 0.05) is 36.7 Å². The molecule has 2 aromatic carbocycles. The molecular formula is C20H24N2O2S. The van der Waals surface area contributed by atoms with Gasteiger partial charge in [-0.05, 0) is 17.7 Å². The molecule has 0 amide bonds. The van der Waals surface area contributed by atoms with Crippen LogP contribution in [0.4, 0.5) is 5.69 Å². The fourth-order valence-corrected chi connectivity index (χ4v) is 4.08. The molecule has 4 nitrogen and oxygen atoms in total. The van der Waals surface area contributed by atoms with E-state index in [0.717, 1.165) is 35.8 Å². The van der Waals surface area contributed by atoms with Crippen molar-refractivity contribution in [2.75, 3.05) is 36.2 Å². The van der Waals surface area contributed by atoms with E-state index in [0.29, 0.717) is 13.1 Å². The molecule has 3 rings (SSSR count). The minimum Gasteiger partial charge on any atom is -0.480 e. The van der Waals surface area contributed by atoms with Gasteiger partial charge in [0.05, 0.1) is 6.67 Å². The van der Waals surface area contributed by atoms with E-state index in [2.05, 4.69) is 4.90 Å². The molecule has 1 atom stereocenters. The summed E-state index contributed by atoms with van der Waals surface area (Å²) in [5, 5.41) is 9.93. The van der Waals surface area contributed by atoms with Crippen LogP contribution in [0.15, 0.2) is 60.7 Å². The van der Waals surface area contributed by atoms with Crippen LogP contribution in [0.25, 0.3) is 0 Å². The normalized spacial score (nSPS) is 16.3. The maximum Gasteiger partial charge on any atom is 0.326 e. The van der Waals surface area contributed by atoms with E-state index >= 15 is 0 Å². The third kappa shape index (κ3) is 5.00. The Kier molecular flexibility index (Phi) is 6.36. The third-order valence-corrected chi connectivity index (χ3v) is 5.42. The Morgan fingerprint density at radius 2 is 1.64 bits per heavy atom. The predicted molar refractivity (Wildman–Crippen MR) is 104 cm³/mol. The van der Waals surface area contributed by atoms with Crippen molar-refractivity contribution in [1.29, 1.82) is 0 Å². The fourth-order valence-electron chi connectivity index (χ4n) is 3.11. The molecule has 0 aliphatic carbocycles. The topological polar surface area (TPSA) is 43.8 Å². The maximum atomic E-state index is 12.1. The first-order valence-corrected chi connectivity index (χ1v) is 9.78. The minimum atomic E-state index is -0.779. The number of carboxylic acids is 1. The molecule has 132 valence electrons. The fraction of sp³-hybridized carbons (Fsp3) is 0.350. The summed E-state index contributed by atoms with van der Waals surface area (Å²) in [4.78, 5) is 16.5. The summed E-state index contributed by atoms with van der Waals surface area (Å²) in [6.45, 7) is 2.66. The lowest BCUT2D eigenvalue weighted by Crippen LogP contribution is -2.50. The van der Waals surface area contributed by atoms with E-state index in [1.807, 2.05) is 77.3 Å². The van der Waals surface area contributed by atoms with Gasteiger partial charge in [-0.15, -0.1) is 0 Å². The molecule has 25 heavy (non-hydrogen) atoms. The Balaban J connectivity index is 1.85. The van der Waals surface area contributed by atoms with Crippen molar-refractivity contribution in [2.24, 2.45) is 0 Å². The highest BCUT2D eigenvalue weighted by Crippen LogP contribution is 2.21. The number of hydrogen-bond donors (Lipinski definition) is 1. The lowest BCUT2D eigenvalue weighted by molar-refractivity contribution is -0.138. The first-order chi connectivity index (χ1) is 12.2. The Morgan fingerprint density at radius 3 is 2.24 bits per heavy atom. The zero-order valence-corrected chi connectivity index (χ0v) is 15.1. The zero-order valence-electron chi connectivity index (χ0n) is 14.3. The average Bonchev–Trinajstić information content (AvgIpc) is 2.67. The number of carbonyl (C=O) groups is 1. The van der Waals surface area contributed by atoms with Gasteiger partial charge in [-0.1, -0.05) is 48.5 Å². The summed E-state index contributed by atoms with van der Waals surface area (Å²) in [6.07, 6.45) is 0.494. The standard InChI is InChI=1S/C20H24N2O2S/c23-20(24)19(15-17-7-3-1-4-8-17)22(18-9-5-2-6-10-18)16-21-11-13-25-14-12-21/h1-10,19H,11-16H2,(H,23,24)/t19-/m0/s1. The lowest BCUT2D eigenvalue weighted by atomic mass is 10.0. The maximum absolute atomic E-state index is 12.1. The van der Waals surface area contributed by atoms with Crippen molar-refractivity contribution in [1.82, 2.24) is 4.90 Å². The molecule has 5 heteroatoms. The molecule has 0 bridgehead atoms. The molecule has 1 aliphatic heterocycles. The Hall–Kier alpha value is -1.98. The zero-order chi connectivity index (χ0) is 17.5. The number of nitrogens with zero attached hydrogens (tertiary/aromatic N) is 2. The van der Waals surface area contributed by atoms with Gasteiger partial charge in [0.1, 0.15) is 6.04 Å². The van der Waals surface area contributed by atoms with Crippen LogP contribution in [0.5, 0.6) is 0 Å². The molecule has 1 saturated heterocycles. The van der Waals surface area contributed by atoms with Crippen LogP contribution in [-0.2, 0) is 11.2 Å². The van der Waals surface area contributed by atoms with Crippen molar-refractivity contribution in [3.05, 3.63) is 66.2 Å². The highest BCUT2D eigenvalue weighted by Gasteiger charge is 2.28. The minimum absolute atomic E-state index is 0.494. The molecule has 0 spiro atoms. The number of thioether (sulfide) groups is 1. The predicted octanol–water partition coefficient (Wildman–Crippen LogP) is 3.20. The molecule has 0 radical (unpaired) electrons. The van der Waals surface area contributed by atoms with Gasteiger partial charge in [-0.3, -0.25) is 4.90 Å². The van der Waals surface area contributed by atoms with E-state index in [9.17, 15) is 9.90 Å². The molecule has 0 saturated carbocycles. The summed E-state index contributed by atoms with van der Waals surface area (Å²) in [7, 11) is 0. The second-order valence-corrected chi connectivity index (χ2v) is 7.45. The summed E-state index contributed by atoms with van der Waals surface area (Å²) < 4.78 is 0. The van der Waals surface area contributed by atoms with Crippen molar-refractivity contribution in [3.63, 3.8) is 0 Å². The molecule has 0 unspecified atom stereocenters. The molecule has 1 heterocycles. The van der Waals surface area contributed by atoms with Gasteiger partial charge in [0.2, 0.25) is 0 Å². The van der Waals surface area contributed by atoms with E-state index in [1.165, 1.54) is 0 Å².